The molecule has 29 heavy (non-hydrogen) atoms. The molecular formula is C22H31N3O4. The molecule has 0 spiro atoms. The van der Waals surface area contributed by atoms with Crippen molar-refractivity contribution in [2.45, 2.75) is 33.2 Å². The average Bonchev–Trinajstić information content (AvgIpc) is 2.67. The predicted molar refractivity (Wildman–Crippen MR) is 110 cm³/mol. The Labute approximate surface area is 172 Å². The topological polar surface area (TPSA) is 79.9 Å². The second-order valence-electron chi connectivity index (χ2n) is 8.06. The SMILES string of the molecule is CCOC(=O)C1=C(CN2CC(C)CC(C)C2)NC(=O)NC1c1ccc(OC)cc1. The van der Waals surface area contributed by atoms with E-state index in [0.29, 0.717) is 35.4 Å². The second-order valence-corrected chi connectivity index (χ2v) is 8.06. The van der Waals surface area contributed by atoms with Crippen molar-refractivity contribution in [3.63, 3.8) is 0 Å². The first kappa shape index (κ1) is 21.2. The lowest BCUT2D eigenvalue weighted by Gasteiger charge is -2.37. The van der Waals surface area contributed by atoms with Gasteiger partial charge in [-0.15, -0.1) is 0 Å². The smallest absolute Gasteiger partial charge is 0.338 e. The Hall–Kier alpha value is -2.54. The van der Waals surface area contributed by atoms with Crippen LogP contribution in [0.2, 0.25) is 0 Å². The molecule has 0 aliphatic carbocycles. The van der Waals surface area contributed by atoms with Gasteiger partial charge in [-0.05, 0) is 42.9 Å². The number of urea groups is 1. The number of carbonyl (C=O) groups excluding carboxylic acids is 2. The fourth-order valence-electron chi connectivity index (χ4n) is 4.38. The molecule has 7 nitrogen and oxygen atoms in total. The second kappa shape index (κ2) is 9.31. The normalized spacial score (nSPS) is 25.2. The maximum absolute atomic E-state index is 12.9. The van der Waals surface area contributed by atoms with E-state index in [2.05, 4.69) is 29.4 Å². The summed E-state index contributed by atoms with van der Waals surface area (Å²) in [7, 11) is 1.60. The number of methoxy groups -OCH3 is 1. The number of hydrogen-bond acceptors (Lipinski definition) is 5. The molecule has 3 atom stereocenters. The number of amides is 2. The van der Waals surface area contributed by atoms with E-state index in [1.165, 1.54) is 6.42 Å². The molecule has 2 aliphatic rings. The fraction of sp³-hybridized carbons (Fsp3) is 0.545. The fourth-order valence-corrected chi connectivity index (χ4v) is 4.38. The summed E-state index contributed by atoms with van der Waals surface area (Å²) in [6, 6.07) is 6.48. The first-order valence-electron chi connectivity index (χ1n) is 10.2. The van der Waals surface area contributed by atoms with E-state index in [1.54, 1.807) is 14.0 Å². The van der Waals surface area contributed by atoms with Gasteiger partial charge in [0.15, 0.2) is 0 Å². The van der Waals surface area contributed by atoms with Crippen molar-refractivity contribution in [1.82, 2.24) is 15.5 Å². The molecule has 158 valence electrons. The van der Waals surface area contributed by atoms with Gasteiger partial charge in [0, 0.05) is 25.3 Å². The van der Waals surface area contributed by atoms with Crippen molar-refractivity contribution in [2.75, 3.05) is 33.4 Å². The zero-order valence-electron chi connectivity index (χ0n) is 17.7. The van der Waals surface area contributed by atoms with Crippen LogP contribution in [-0.4, -0.2) is 50.3 Å². The molecule has 0 radical (unpaired) electrons. The number of rotatable bonds is 6. The van der Waals surface area contributed by atoms with Crippen molar-refractivity contribution in [3.05, 3.63) is 41.1 Å². The number of ether oxygens (including phenoxy) is 2. The van der Waals surface area contributed by atoms with Gasteiger partial charge in [0.1, 0.15) is 5.75 Å². The molecule has 1 saturated heterocycles. The van der Waals surface area contributed by atoms with Crippen LogP contribution in [0.1, 0.15) is 38.8 Å². The number of nitrogens with zero attached hydrogens (tertiary/aromatic N) is 1. The number of likely N-dealkylation sites (tertiary alicyclic amines) is 1. The highest BCUT2D eigenvalue weighted by Crippen LogP contribution is 2.30. The molecule has 2 N–H and O–H groups in total. The Morgan fingerprint density at radius 1 is 1.17 bits per heavy atom. The van der Waals surface area contributed by atoms with Gasteiger partial charge in [0.05, 0.1) is 25.3 Å². The van der Waals surface area contributed by atoms with Gasteiger partial charge < -0.3 is 20.1 Å². The highest BCUT2D eigenvalue weighted by Gasteiger charge is 2.35. The Morgan fingerprint density at radius 3 is 2.41 bits per heavy atom. The molecule has 2 amide bonds. The Morgan fingerprint density at radius 2 is 1.83 bits per heavy atom. The number of benzene rings is 1. The molecule has 0 bridgehead atoms. The minimum absolute atomic E-state index is 0.274. The van der Waals surface area contributed by atoms with Gasteiger partial charge in [-0.1, -0.05) is 26.0 Å². The monoisotopic (exact) mass is 401 g/mol. The molecule has 2 heterocycles. The highest BCUT2D eigenvalue weighted by atomic mass is 16.5. The van der Waals surface area contributed by atoms with Gasteiger partial charge in [0.25, 0.3) is 0 Å². The molecule has 3 unspecified atom stereocenters. The summed E-state index contributed by atoms with van der Waals surface area (Å²) in [4.78, 5) is 27.6. The van der Waals surface area contributed by atoms with Crippen LogP contribution in [0, 0.1) is 11.8 Å². The first-order valence-corrected chi connectivity index (χ1v) is 10.2. The van der Waals surface area contributed by atoms with Gasteiger partial charge in [-0.3, -0.25) is 4.90 Å². The molecule has 0 saturated carbocycles. The largest absolute Gasteiger partial charge is 0.497 e. The van der Waals surface area contributed by atoms with Crippen molar-refractivity contribution in [2.24, 2.45) is 11.8 Å². The average molecular weight is 402 g/mol. The van der Waals surface area contributed by atoms with E-state index in [-0.39, 0.29) is 12.6 Å². The van der Waals surface area contributed by atoms with Gasteiger partial charge in [-0.2, -0.15) is 0 Å². The van der Waals surface area contributed by atoms with Crippen LogP contribution in [0.25, 0.3) is 0 Å². The molecule has 0 aromatic heterocycles. The van der Waals surface area contributed by atoms with Crippen LogP contribution < -0.4 is 15.4 Å². The lowest BCUT2D eigenvalue weighted by atomic mass is 9.91. The van der Waals surface area contributed by atoms with Crippen LogP contribution >= 0.6 is 0 Å². The Kier molecular flexibility index (Phi) is 6.79. The van der Waals surface area contributed by atoms with Crippen molar-refractivity contribution in [3.8, 4) is 5.75 Å². The quantitative estimate of drug-likeness (QED) is 0.717. The minimum Gasteiger partial charge on any atom is -0.497 e. The molecule has 1 aromatic carbocycles. The molecule has 2 aliphatic heterocycles. The zero-order valence-corrected chi connectivity index (χ0v) is 17.7. The molecule has 1 aromatic rings. The third-order valence-electron chi connectivity index (χ3n) is 5.42. The maximum atomic E-state index is 12.9. The molecule has 3 rings (SSSR count). The predicted octanol–water partition coefficient (Wildman–Crippen LogP) is 2.84. The summed E-state index contributed by atoms with van der Waals surface area (Å²) in [5.41, 5.74) is 1.89. The van der Waals surface area contributed by atoms with Crippen LogP contribution in [-0.2, 0) is 9.53 Å². The van der Waals surface area contributed by atoms with Crippen molar-refractivity contribution >= 4 is 12.0 Å². The van der Waals surface area contributed by atoms with Gasteiger partial charge in [-0.25, -0.2) is 9.59 Å². The standard InChI is InChI=1S/C22H31N3O4/c1-5-29-21(26)19-18(13-25-11-14(2)10-15(3)12-25)23-22(27)24-20(19)16-6-8-17(28-4)9-7-16/h6-9,14-15,20H,5,10-13H2,1-4H3,(H2,23,24,27). The summed E-state index contributed by atoms with van der Waals surface area (Å²) < 4.78 is 10.6. The number of carbonyl (C=O) groups is 2. The third-order valence-corrected chi connectivity index (χ3v) is 5.42. The lowest BCUT2D eigenvalue weighted by Crippen LogP contribution is -2.50. The van der Waals surface area contributed by atoms with Crippen LogP contribution in [0.15, 0.2) is 35.5 Å². The lowest BCUT2D eigenvalue weighted by molar-refractivity contribution is -0.139. The summed E-state index contributed by atoms with van der Waals surface area (Å²) >= 11 is 0. The summed E-state index contributed by atoms with van der Waals surface area (Å²) in [5.74, 6) is 1.47. The Balaban J connectivity index is 1.96. The molecular weight excluding hydrogens is 370 g/mol. The van der Waals surface area contributed by atoms with E-state index in [0.717, 1.165) is 18.7 Å². The van der Waals surface area contributed by atoms with E-state index >= 15 is 0 Å². The summed E-state index contributed by atoms with van der Waals surface area (Å²) in [6.07, 6.45) is 1.20. The number of nitrogens with one attached hydrogen (secondary N) is 2. The third kappa shape index (κ3) is 5.09. The van der Waals surface area contributed by atoms with E-state index in [1.807, 2.05) is 24.3 Å². The van der Waals surface area contributed by atoms with E-state index in [9.17, 15) is 9.59 Å². The van der Waals surface area contributed by atoms with E-state index in [4.69, 9.17) is 9.47 Å². The summed E-state index contributed by atoms with van der Waals surface area (Å²) in [5, 5.41) is 5.74. The van der Waals surface area contributed by atoms with Crippen molar-refractivity contribution < 1.29 is 19.1 Å². The van der Waals surface area contributed by atoms with Crippen LogP contribution in [0.3, 0.4) is 0 Å². The van der Waals surface area contributed by atoms with Crippen LogP contribution in [0.5, 0.6) is 5.75 Å². The van der Waals surface area contributed by atoms with E-state index < -0.39 is 12.0 Å². The highest BCUT2D eigenvalue weighted by molar-refractivity contribution is 5.95. The first-order chi connectivity index (χ1) is 13.9. The van der Waals surface area contributed by atoms with Crippen molar-refractivity contribution in [1.29, 1.82) is 0 Å². The van der Waals surface area contributed by atoms with Gasteiger partial charge >= 0.3 is 12.0 Å². The molecule has 1 fully saturated rings. The number of piperidine rings is 1. The Bertz CT molecular complexity index is 765. The summed E-state index contributed by atoms with van der Waals surface area (Å²) in [6.45, 7) is 8.94. The number of hydrogen-bond donors (Lipinski definition) is 2. The zero-order chi connectivity index (χ0) is 21.0. The minimum atomic E-state index is -0.566. The maximum Gasteiger partial charge on any atom is 0.338 e. The van der Waals surface area contributed by atoms with Gasteiger partial charge in [0.2, 0.25) is 0 Å². The molecule has 7 heteroatoms. The number of esters is 1. The van der Waals surface area contributed by atoms with Crippen LogP contribution in [0.4, 0.5) is 4.79 Å².